The van der Waals surface area contributed by atoms with E-state index in [-0.39, 0.29) is 12.4 Å². The number of nitrogens with one attached hydrogen (secondary N) is 1. The maximum atomic E-state index is 5.62. The van der Waals surface area contributed by atoms with Crippen molar-refractivity contribution in [3.05, 3.63) is 48.3 Å². The molecule has 0 bridgehead atoms. The third kappa shape index (κ3) is 3.66. The topological polar surface area (TPSA) is 64.9 Å². The zero-order valence-corrected chi connectivity index (χ0v) is 17.4. The molecule has 29 heavy (non-hydrogen) atoms. The van der Waals surface area contributed by atoms with Gasteiger partial charge in [-0.3, -0.25) is 9.67 Å². The van der Waals surface area contributed by atoms with Gasteiger partial charge in [-0.05, 0) is 56.3 Å². The molecule has 0 amide bonds. The van der Waals surface area contributed by atoms with Crippen molar-refractivity contribution < 1.29 is 4.74 Å². The number of methoxy groups -OCH3 is 1. The van der Waals surface area contributed by atoms with E-state index in [2.05, 4.69) is 34.7 Å². The van der Waals surface area contributed by atoms with Gasteiger partial charge in [-0.1, -0.05) is 0 Å². The Kier molecular flexibility index (Phi) is 5.39. The summed E-state index contributed by atoms with van der Waals surface area (Å²) in [6.07, 6.45) is 4.30. The van der Waals surface area contributed by atoms with Gasteiger partial charge in [-0.15, -0.1) is 12.4 Å². The van der Waals surface area contributed by atoms with Crippen molar-refractivity contribution >= 4 is 34.3 Å². The third-order valence-electron chi connectivity index (χ3n) is 5.54. The molecule has 1 aliphatic heterocycles. The lowest BCUT2D eigenvalue weighted by atomic mass is 9.94. The molecule has 1 N–H and O–H groups in total. The van der Waals surface area contributed by atoms with Crippen LogP contribution in [0.1, 0.15) is 24.5 Å². The van der Waals surface area contributed by atoms with Gasteiger partial charge in [0.2, 0.25) is 0 Å². The first-order valence-corrected chi connectivity index (χ1v) is 9.71. The monoisotopic (exact) mass is 409 g/mol. The number of benzene rings is 1. The van der Waals surface area contributed by atoms with Gasteiger partial charge in [0.25, 0.3) is 0 Å². The Labute approximate surface area is 175 Å². The van der Waals surface area contributed by atoms with E-state index in [1.54, 1.807) is 7.11 Å². The molecule has 4 aromatic rings. The van der Waals surface area contributed by atoms with Crippen LogP contribution in [-0.2, 0) is 7.05 Å². The van der Waals surface area contributed by atoms with Crippen LogP contribution < -0.4 is 10.1 Å². The zero-order chi connectivity index (χ0) is 19.1. The summed E-state index contributed by atoms with van der Waals surface area (Å²) >= 11 is 0. The van der Waals surface area contributed by atoms with E-state index in [1.807, 2.05) is 30.1 Å². The summed E-state index contributed by atoms with van der Waals surface area (Å²) in [4.78, 5) is 9.77. The molecular weight excluding hydrogens is 386 g/mol. The molecule has 0 radical (unpaired) electrons. The Morgan fingerprint density at radius 1 is 1.00 bits per heavy atom. The molecule has 1 fully saturated rings. The molecule has 4 heterocycles. The van der Waals surface area contributed by atoms with Crippen LogP contribution in [0.2, 0.25) is 0 Å². The van der Waals surface area contributed by atoms with Crippen molar-refractivity contribution in [2.75, 3.05) is 20.2 Å². The third-order valence-corrected chi connectivity index (χ3v) is 5.54. The lowest BCUT2D eigenvalue weighted by Gasteiger charge is -2.22. The summed E-state index contributed by atoms with van der Waals surface area (Å²) < 4.78 is 7.43. The predicted octanol–water partition coefficient (Wildman–Crippen LogP) is 4.08. The van der Waals surface area contributed by atoms with Crippen LogP contribution in [0, 0.1) is 0 Å². The van der Waals surface area contributed by atoms with Gasteiger partial charge in [0, 0.05) is 41.9 Å². The number of fused-ring (bicyclic) bond motifs is 2. The average Bonchev–Trinajstić information content (AvgIpc) is 3.11. The molecule has 0 atom stereocenters. The van der Waals surface area contributed by atoms with Crippen LogP contribution in [0.4, 0.5) is 0 Å². The first kappa shape index (κ1) is 19.6. The lowest BCUT2D eigenvalue weighted by molar-refractivity contribution is 0.417. The van der Waals surface area contributed by atoms with Gasteiger partial charge in [0.05, 0.1) is 29.4 Å². The molecule has 5 rings (SSSR count). The van der Waals surface area contributed by atoms with Gasteiger partial charge in [-0.2, -0.15) is 5.10 Å². The number of nitrogens with zero attached hydrogens (tertiary/aromatic N) is 4. The van der Waals surface area contributed by atoms with E-state index in [9.17, 15) is 0 Å². The highest BCUT2D eigenvalue weighted by molar-refractivity contribution is 5.88. The van der Waals surface area contributed by atoms with Crippen LogP contribution in [0.15, 0.2) is 42.6 Å². The minimum atomic E-state index is 0. The zero-order valence-electron chi connectivity index (χ0n) is 16.6. The first-order valence-electron chi connectivity index (χ1n) is 9.71. The highest BCUT2D eigenvalue weighted by Crippen LogP contribution is 2.34. The number of piperidine rings is 1. The fraction of sp³-hybridized carbons (Fsp3) is 0.318. The SMILES string of the molecule is COc1cc2nn(C)cc2cc1-c1ccc2nc(C3CCNCC3)ccc2n1.Cl. The summed E-state index contributed by atoms with van der Waals surface area (Å²) in [5, 5.41) is 8.95. The molecule has 0 saturated carbocycles. The van der Waals surface area contributed by atoms with Crippen molar-refractivity contribution in [3.63, 3.8) is 0 Å². The fourth-order valence-electron chi connectivity index (χ4n) is 4.07. The lowest BCUT2D eigenvalue weighted by Crippen LogP contribution is -2.27. The van der Waals surface area contributed by atoms with Gasteiger partial charge in [0.15, 0.2) is 0 Å². The van der Waals surface area contributed by atoms with Crippen LogP contribution in [0.3, 0.4) is 0 Å². The van der Waals surface area contributed by atoms with Crippen LogP contribution in [0.5, 0.6) is 5.75 Å². The molecule has 0 spiro atoms. The standard InChI is InChI=1S/C22H23N5O.ClH/c1-27-13-15-11-16(22(28-2)12-21(15)26-27)18-4-6-19-20(25-18)5-3-17(24-19)14-7-9-23-10-8-14;/h3-6,11-14,23H,7-10H2,1-2H3;1H. The summed E-state index contributed by atoms with van der Waals surface area (Å²) in [6.45, 7) is 2.14. The van der Waals surface area contributed by atoms with Crippen molar-refractivity contribution in [2.45, 2.75) is 18.8 Å². The summed E-state index contributed by atoms with van der Waals surface area (Å²) in [5.74, 6) is 1.32. The summed E-state index contributed by atoms with van der Waals surface area (Å²) in [6, 6.07) is 12.4. The van der Waals surface area contributed by atoms with E-state index >= 15 is 0 Å². The molecule has 0 aliphatic carbocycles. The second-order valence-corrected chi connectivity index (χ2v) is 7.41. The number of halogens is 1. The smallest absolute Gasteiger partial charge is 0.130 e. The number of ether oxygens (including phenoxy) is 1. The maximum Gasteiger partial charge on any atom is 0.130 e. The van der Waals surface area contributed by atoms with E-state index in [0.29, 0.717) is 5.92 Å². The van der Waals surface area contributed by atoms with Crippen molar-refractivity contribution in [1.29, 1.82) is 0 Å². The molecule has 0 unspecified atom stereocenters. The predicted molar refractivity (Wildman–Crippen MR) is 118 cm³/mol. The van der Waals surface area contributed by atoms with Gasteiger partial charge in [0.1, 0.15) is 5.75 Å². The molecule has 150 valence electrons. The number of pyridine rings is 2. The van der Waals surface area contributed by atoms with E-state index < -0.39 is 0 Å². The molecular formula is C22H24ClN5O. The Bertz CT molecular complexity index is 1170. The first-order chi connectivity index (χ1) is 13.7. The Hall–Kier alpha value is -2.70. The van der Waals surface area contributed by atoms with E-state index in [0.717, 1.165) is 64.9 Å². The van der Waals surface area contributed by atoms with E-state index in [4.69, 9.17) is 14.7 Å². The van der Waals surface area contributed by atoms with Crippen molar-refractivity contribution in [3.8, 4) is 17.0 Å². The maximum absolute atomic E-state index is 5.62. The number of aromatic nitrogens is 4. The second-order valence-electron chi connectivity index (χ2n) is 7.41. The van der Waals surface area contributed by atoms with Gasteiger partial charge < -0.3 is 10.1 Å². The largest absolute Gasteiger partial charge is 0.496 e. The number of hydrogen-bond acceptors (Lipinski definition) is 5. The van der Waals surface area contributed by atoms with Gasteiger partial charge >= 0.3 is 0 Å². The van der Waals surface area contributed by atoms with Gasteiger partial charge in [-0.25, -0.2) is 4.98 Å². The number of aryl methyl sites for hydroxylation is 1. The molecule has 1 saturated heterocycles. The minimum absolute atomic E-state index is 0. The Morgan fingerprint density at radius 2 is 1.76 bits per heavy atom. The van der Waals surface area contributed by atoms with Crippen LogP contribution in [0.25, 0.3) is 33.2 Å². The van der Waals surface area contributed by atoms with Crippen molar-refractivity contribution in [1.82, 2.24) is 25.1 Å². The Morgan fingerprint density at radius 3 is 2.55 bits per heavy atom. The Balaban J connectivity index is 0.00000205. The average molecular weight is 410 g/mol. The number of hydrogen-bond donors (Lipinski definition) is 1. The molecule has 6 nitrogen and oxygen atoms in total. The molecule has 1 aromatic carbocycles. The quantitative estimate of drug-likeness (QED) is 0.552. The molecule has 3 aromatic heterocycles. The molecule has 1 aliphatic rings. The molecule has 7 heteroatoms. The normalized spacial score (nSPS) is 14.8. The van der Waals surface area contributed by atoms with Crippen LogP contribution in [-0.4, -0.2) is 39.9 Å². The fourth-order valence-corrected chi connectivity index (χ4v) is 4.07. The number of rotatable bonds is 3. The van der Waals surface area contributed by atoms with E-state index in [1.165, 1.54) is 5.69 Å². The van der Waals surface area contributed by atoms with Crippen molar-refractivity contribution in [2.24, 2.45) is 7.05 Å². The highest BCUT2D eigenvalue weighted by Gasteiger charge is 2.17. The minimum Gasteiger partial charge on any atom is -0.496 e. The summed E-state index contributed by atoms with van der Waals surface area (Å²) in [7, 11) is 3.60. The second kappa shape index (κ2) is 7.97. The van der Waals surface area contributed by atoms with Crippen LogP contribution >= 0.6 is 12.4 Å². The highest BCUT2D eigenvalue weighted by atomic mass is 35.5. The summed E-state index contributed by atoms with van der Waals surface area (Å²) in [5.41, 5.74) is 5.79.